The summed E-state index contributed by atoms with van der Waals surface area (Å²) in [6.45, 7) is 13.6. The Morgan fingerprint density at radius 3 is 2.15 bits per heavy atom. The number of halogens is 1. The number of rotatable bonds is 7. The van der Waals surface area contributed by atoms with Gasteiger partial charge in [0.25, 0.3) is 10.1 Å². The van der Waals surface area contributed by atoms with Gasteiger partial charge in [0.1, 0.15) is 11.1 Å². The van der Waals surface area contributed by atoms with Crippen LogP contribution in [0, 0.1) is 30.5 Å². The maximum Gasteiger partial charge on any atom is 0.272 e. The van der Waals surface area contributed by atoms with Crippen molar-refractivity contribution < 1.29 is 22.2 Å². The van der Waals surface area contributed by atoms with Gasteiger partial charge in [-0.2, -0.15) is 8.42 Å². The Morgan fingerprint density at radius 2 is 1.62 bits per heavy atom. The molecular formula is C31H35FN2O4S. The fraction of sp³-hybridized carbons (Fsp3) is 0.387. The fourth-order valence-corrected chi connectivity index (χ4v) is 7.12. The maximum atomic E-state index is 13.6. The van der Waals surface area contributed by atoms with Gasteiger partial charge in [-0.3, -0.25) is 9.35 Å². The van der Waals surface area contributed by atoms with E-state index in [0.29, 0.717) is 22.2 Å². The van der Waals surface area contributed by atoms with Gasteiger partial charge < -0.3 is 0 Å². The molecule has 1 N–H and O–H groups in total. The van der Waals surface area contributed by atoms with E-state index >= 15 is 0 Å². The van der Waals surface area contributed by atoms with Crippen molar-refractivity contribution in [2.24, 2.45) is 17.8 Å². The summed E-state index contributed by atoms with van der Waals surface area (Å²) in [6.07, 6.45) is 3.80. The molecule has 0 radical (unpaired) electrons. The summed E-state index contributed by atoms with van der Waals surface area (Å²) >= 11 is 0. The number of aromatic nitrogens is 2. The fourth-order valence-electron chi connectivity index (χ4n) is 5.50. The molecule has 1 aromatic heterocycles. The maximum absolute atomic E-state index is 13.6. The van der Waals surface area contributed by atoms with Gasteiger partial charge in [0.15, 0.2) is 0 Å². The molecule has 1 heterocycles. The van der Waals surface area contributed by atoms with Crippen molar-refractivity contribution in [2.45, 2.75) is 59.1 Å². The predicted octanol–water partition coefficient (Wildman–Crippen LogP) is 6.64. The molecule has 6 nitrogen and oxygen atoms in total. The molecule has 39 heavy (non-hydrogen) atoms. The minimum absolute atomic E-state index is 0.0647. The highest BCUT2D eigenvalue weighted by atomic mass is 32.2. The van der Waals surface area contributed by atoms with Crippen molar-refractivity contribution in [3.05, 3.63) is 94.2 Å². The van der Waals surface area contributed by atoms with E-state index in [1.165, 1.54) is 24.3 Å². The first kappa shape index (κ1) is 28.8. The molecule has 1 aliphatic rings. The first-order valence-electron chi connectivity index (χ1n) is 13.2. The van der Waals surface area contributed by atoms with Crippen molar-refractivity contribution in [3.8, 4) is 0 Å². The lowest BCUT2D eigenvalue weighted by Gasteiger charge is -2.45. The normalized spacial score (nSPS) is 20.1. The van der Waals surface area contributed by atoms with Crippen LogP contribution < -0.4 is 0 Å². The van der Waals surface area contributed by atoms with E-state index in [9.17, 15) is 22.2 Å². The molecule has 2 aromatic carbocycles. The molecule has 0 spiro atoms. The molecule has 0 amide bonds. The van der Waals surface area contributed by atoms with Crippen molar-refractivity contribution in [3.63, 3.8) is 0 Å². The average Bonchev–Trinajstić information content (AvgIpc) is 2.86. The van der Waals surface area contributed by atoms with E-state index in [-0.39, 0.29) is 29.1 Å². The van der Waals surface area contributed by atoms with Crippen LogP contribution in [0.25, 0.3) is 10.9 Å². The third kappa shape index (κ3) is 5.20. The number of hydrogen-bond acceptors (Lipinski definition) is 5. The van der Waals surface area contributed by atoms with Gasteiger partial charge in [-0.1, -0.05) is 65.8 Å². The number of nitrogens with zero attached hydrogens (tertiary/aromatic N) is 2. The number of hydrogen-bond donors (Lipinski definition) is 1. The molecule has 0 aliphatic heterocycles. The lowest BCUT2D eigenvalue weighted by molar-refractivity contribution is 0.102. The van der Waals surface area contributed by atoms with Gasteiger partial charge in [-0.25, -0.2) is 14.4 Å². The summed E-state index contributed by atoms with van der Waals surface area (Å²) in [5.41, 5.74) is 2.17. The zero-order valence-electron chi connectivity index (χ0n) is 23.4. The summed E-state index contributed by atoms with van der Waals surface area (Å²) in [4.78, 5) is 22.9. The van der Waals surface area contributed by atoms with E-state index in [1.807, 2.05) is 78.8 Å². The number of fused-ring (bicyclic) bond motifs is 1. The van der Waals surface area contributed by atoms with Crippen LogP contribution in [-0.2, 0) is 15.5 Å². The summed E-state index contributed by atoms with van der Waals surface area (Å²) in [7, 11) is -4.64. The second kappa shape index (κ2) is 10.4. The van der Waals surface area contributed by atoms with Crippen molar-refractivity contribution >= 4 is 26.8 Å². The number of aryl methyl sites for hydroxylation is 1. The van der Waals surface area contributed by atoms with Crippen LogP contribution in [0.3, 0.4) is 0 Å². The molecule has 0 saturated carbocycles. The second-order valence-electron chi connectivity index (χ2n) is 11.3. The van der Waals surface area contributed by atoms with E-state index < -0.39 is 32.4 Å². The molecule has 4 rings (SSSR count). The molecule has 8 heteroatoms. The second-order valence-corrected chi connectivity index (χ2v) is 12.8. The van der Waals surface area contributed by atoms with E-state index in [1.54, 1.807) is 0 Å². The minimum Gasteiger partial charge on any atom is -0.285 e. The zero-order valence-corrected chi connectivity index (χ0v) is 24.2. The molecular weight excluding hydrogens is 515 g/mol. The number of allylic oxidation sites excluding steroid dienone is 3. The lowest BCUT2D eigenvalue weighted by atomic mass is 9.63. The highest BCUT2D eigenvalue weighted by Gasteiger charge is 2.54. The zero-order chi connectivity index (χ0) is 28.9. The van der Waals surface area contributed by atoms with Gasteiger partial charge in [0.05, 0.1) is 16.6 Å². The van der Waals surface area contributed by atoms with E-state index in [0.717, 1.165) is 11.1 Å². The highest BCUT2D eigenvalue weighted by molar-refractivity contribution is 7.86. The Morgan fingerprint density at radius 1 is 0.974 bits per heavy atom. The van der Waals surface area contributed by atoms with E-state index in [2.05, 4.69) is 4.98 Å². The van der Waals surface area contributed by atoms with Gasteiger partial charge >= 0.3 is 0 Å². The Hall–Kier alpha value is -3.23. The van der Waals surface area contributed by atoms with Crippen LogP contribution in [0.4, 0.5) is 4.39 Å². The van der Waals surface area contributed by atoms with Crippen molar-refractivity contribution in [1.82, 2.24) is 9.97 Å². The molecule has 0 fully saturated rings. The Kier molecular flexibility index (Phi) is 7.67. The van der Waals surface area contributed by atoms with Gasteiger partial charge in [0.2, 0.25) is 11.6 Å². The van der Waals surface area contributed by atoms with Crippen LogP contribution in [0.1, 0.15) is 69.0 Å². The topological polar surface area (TPSA) is 97.2 Å². The predicted molar refractivity (Wildman–Crippen MR) is 152 cm³/mol. The summed E-state index contributed by atoms with van der Waals surface area (Å²) in [5, 5.41) is -0.719. The van der Waals surface area contributed by atoms with Crippen LogP contribution in [0.2, 0.25) is 0 Å². The average molecular weight is 551 g/mol. The standard InChI is InChI=1S/C31H35FN2O4S/c1-17(2)22-15-25(18(3)4)29(39(36,37)38)31(16-22,19(5)6)28-24-13-8-20(7)14-26(24)33-30(34-28)27(35)21-9-11-23(32)12-10-21/h8-19,29H,1-7H3,(H,36,37,38). The quantitative estimate of drug-likeness (QED) is 0.262. The third-order valence-corrected chi connectivity index (χ3v) is 8.89. The number of benzene rings is 2. The Bertz CT molecular complexity index is 1610. The van der Waals surface area contributed by atoms with Crippen molar-refractivity contribution in [1.29, 1.82) is 0 Å². The Balaban J connectivity index is 2.16. The van der Waals surface area contributed by atoms with Crippen LogP contribution >= 0.6 is 0 Å². The first-order chi connectivity index (χ1) is 18.2. The SMILES string of the molecule is Cc1ccc2c(C3(C(C)C)C=C(C(C)C)C=C(C(C)C)C3S(=O)(=O)O)nc(C(=O)c3ccc(F)cc3)nc2c1. The number of carbonyl (C=O) groups is 1. The molecule has 3 aromatic rings. The monoisotopic (exact) mass is 550 g/mol. The molecule has 2 atom stereocenters. The molecule has 1 aliphatic carbocycles. The van der Waals surface area contributed by atoms with Crippen LogP contribution in [-0.4, -0.2) is 34.0 Å². The molecule has 2 unspecified atom stereocenters. The van der Waals surface area contributed by atoms with Crippen molar-refractivity contribution in [2.75, 3.05) is 0 Å². The summed E-state index contributed by atoms with van der Waals surface area (Å²) in [6, 6.07) is 10.7. The smallest absolute Gasteiger partial charge is 0.272 e. The molecule has 0 bridgehead atoms. The van der Waals surface area contributed by atoms with E-state index in [4.69, 9.17) is 4.98 Å². The largest absolute Gasteiger partial charge is 0.285 e. The first-order valence-corrected chi connectivity index (χ1v) is 14.7. The van der Waals surface area contributed by atoms with Gasteiger partial charge in [0, 0.05) is 10.9 Å². The lowest BCUT2D eigenvalue weighted by Crippen LogP contribution is -2.51. The molecule has 0 saturated heterocycles. The number of carbonyl (C=O) groups excluding carboxylic acids is 1. The summed E-state index contributed by atoms with van der Waals surface area (Å²) < 4.78 is 50.9. The van der Waals surface area contributed by atoms with Crippen LogP contribution in [0.5, 0.6) is 0 Å². The van der Waals surface area contributed by atoms with Crippen LogP contribution in [0.15, 0.2) is 65.8 Å². The Labute approximate surface area is 229 Å². The molecule has 206 valence electrons. The van der Waals surface area contributed by atoms with Gasteiger partial charge in [-0.15, -0.1) is 0 Å². The third-order valence-electron chi connectivity index (χ3n) is 7.63. The van der Waals surface area contributed by atoms with Gasteiger partial charge in [-0.05, 0) is 71.7 Å². The number of ketones is 1. The highest BCUT2D eigenvalue weighted by Crippen LogP contribution is 2.50. The summed E-state index contributed by atoms with van der Waals surface area (Å²) in [5.74, 6) is -1.58. The minimum atomic E-state index is -4.64.